The Hall–Kier alpha value is 0.168. The van der Waals surface area contributed by atoms with Gasteiger partial charge in [0.05, 0.1) is 0 Å². The molecule has 0 heterocycles. The molecule has 11 heavy (non-hydrogen) atoms. The number of rotatable bonds is 2. The van der Waals surface area contributed by atoms with Crippen molar-refractivity contribution < 1.29 is 16.1 Å². The van der Waals surface area contributed by atoms with Gasteiger partial charge in [-0.25, -0.2) is 0 Å². The summed E-state index contributed by atoms with van der Waals surface area (Å²) in [6.45, 7) is 2.26. The van der Waals surface area contributed by atoms with Crippen molar-refractivity contribution in [2.24, 2.45) is 0 Å². The molecule has 0 saturated carbocycles. The molecule has 1 aliphatic carbocycles. The first-order valence-corrected chi connectivity index (χ1v) is 11.8. The molecule has 1 rings (SSSR count). The normalized spacial score (nSPS) is 19.6. The average Bonchev–Trinajstić information content (AvgIpc) is 2.31. The van der Waals surface area contributed by atoms with Gasteiger partial charge in [-0.3, -0.25) is 0 Å². The van der Waals surface area contributed by atoms with Crippen molar-refractivity contribution in [2.45, 2.75) is 35.7 Å². The molecular formula is C10H18Pt. The standard InChI is InChI=1S/C7H9.3CH3.Pt/c1-2-7-5-3-4-6-7;;;;/h3,5H,2,4H2,1H3;3*1H3;. The second-order valence-corrected chi connectivity index (χ2v) is 14.9. The van der Waals surface area contributed by atoms with Gasteiger partial charge in [-0.1, -0.05) is 0 Å². The third-order valence-electron chi connectivity index (χ3n) is 1.89. The molecule has 0 amide bonds. The van der Waals surface area contributed by atoms with E-state index in [1.807, 2.05) is 0 Å². The van der Waals surface area contributed by atoms with Crippen molar-refractivity contribution in [3.8, 4) is 0 Å². The summed E-state index contributed by atoms with van der Waals surface area (Å²) in [4.78, 5) is 0. The maximum atomic E-state index is 2.48. The fraction of sp³-hybridized carbons (Fsp3) is 0.600. The van der Waals surface area contributed by atoms with Crippen LogP contribution in [0.5, 0.6) is 0 Å². The van der Waals surface area contributed by atoms with Crippen LogP contribution in [0.1, 0.15) is 19.8 Å². The van der Waals surface area contributed by atoms with E-state index in [9.17, 15) is 0 Å². The first-order chi connectivity index (χ1) is 5.05. The Kier molecular flexibility index (Phi) is 2.75. The molecule has 1 heteroatoms. The van der Waals surface area contributed by atoms with Gasteiger partial charge in [-0.05, 0) is 0 Å². The van der Waals surface area contributed by atoms with Gasteiger partial charge in [0.2, 0.25) is 0 Å². The van der Waals surface area contributed by atoms with Crippen LogP contribution in [-0.2, 0) is 16.1 Å². The molecule has 0 unspecified atom stereocenters. The molecule has 0 aliphatic heterocycles. The zero-order valence-corrected chi connectivity index (χ0v) is 10.2. The zero-order valence-electron chi connectivity index (χ0n) is 7.89. The summed E-state index contributed by atoms with van der Waals surface area (Å²) in [6, 6.07) is 0. The third kappa shape index (κ3) is 2.06. The minimum atomic E-state index is -1.40. The number of hydrogen-bond donors (Lipinski definition) is 0. The van der Waals surface area contributed by atoms with Crippen LogP contribution in [0.25, 0.3) is 0 Å². The molecule has 0 nitrogen and oxygen atoms in total. The summed E-state index contributed by atoms with van der Waals surface area (Å²) in [6.07, 6.45) is 7.13. The Morgan fingerprint density at radius 2 is 2.00 bits per heavy atom. The summed E-state index contributed by atoms with van der Waals surface area (Å²) in [7, 11) is 0. The summed E-state index contributed by atoms with van der Waals surface area (Å²) >= 11 is -1.40. The predicted octanol–water partition coefficient (Wildman–Crippen LogP) is 3.91. The molecular weight excluding hydrogens is 315 g/mol. The molecule has 0 radical (unpaired) electrons. The molecule has 0 aromatic carbocycles. The van der Waals surface area contributed by atoms with E-state index in [1.165, 1.54) is 12.8 Å². The monoisotopic (exact) mass is 333 g/mol. The van der Waals surface area contributed by atoms with E-state index in [0.29, 0.717) is 0 Å². The zero-order chi connectivity index (χ0) is 8.48. The molecule has 0 N–H and O–H groups in total. The fourth-order valence-electron chi connectivity index (χ4n) is 1.31. The molecule has 1 aliphatic rings. The van der Waals surface area contributed by atoms with Crippen LogP contribution < -0.4 is 0 Å². The van der Waals surface area contributed by atoms with Gasteiger partial charge in [-0.15, -0.1) is 0 Å². The maximum absolute atomic E-state index is 2.48. The van der Waals surface area contributed by atoms with Gasteiger partial charge in [-0.2, -0.15) is 0 Å². The second kappa shape index (κ2) is 3.27. The SMILES string of the molecule is CCC1=[C]([Pt]([CH3])([CH3])[CH3])CC=C1. The van der Waals surface area contributed by atoms with Crippen LogP contribution in [0.3, 0.4) is 0 Å². The molecule has 0 saturated heterocycles. The average molecular weight is 333 g/mol. The molecule has 0 atom stereocenters. The minimum absolute atomic E-state index is 1.23. The van der Waals surface area contributed by atoms with Crippen LogP contribution in [-0.4, -0.2) is 0 Å². The van der Waals surface area contributed by atoms with Crippen molar-refractivity contribution in [1.29, 1.82) is 0 Å². The summed E-state index contributed by atoms with van der Waals surface area (Å²) < 4.78 is 1.81. The Morgan fingerprint density at radius 3 is 2.36 bits per heavy atom. The Morgan fingerprint density at radius 1 is 1.36 bits per heavy atom. The number of hydrogen-bond acceptors (Lipinski definition) is 0. The van der Waals surface area contributed by atoms with Crippen molar-refractivity contribution in [2.75, 3.05) is 0 Å². The quantitative estimate of drug-likeness (QED) is 0.719. The van der Waals surface area contributed by atoms with Crippen LogP contribution >= 0.6 is 0 Å². The topological polar surface area (TPSA) is 0 Å². The van der Waals surface area contributed by atoms with Crippen LogP contribution in [0, 0.1) is 0 Å². The van der Waals surface area contributed by atoms with Crippen molar-refractivity contribution >= 4 is 0 Å². The predicted molar refractivity (Wildman–Crippen MR) is 48.7 cm³/mol. The van der Waals surface area contributed by atoms with Gasteiger partial charge in [0, 0.05) is 0 Å². The van der Waals surface area contributed by atoms with Crippen molar-refractivity contribution in [3.63, 3.8) is 0 Å². The fourth-order valence-corrected chi connectivity index (χ4v) is 5.75. The Labute approximate surface area is 73.6 Å². The summed E-state index contributed by atoms with van der Waals surface area (Å²) in [5, 5.41) is 7.43. The third-order valence-corrected chi connectivity index (χ3v) is 7.19. The van der Waals surface area contributed by atoms with Gasteiger partial charge >= 0.3 is 73.5 Å². The van der Waals surface area contributed by atoms with E-state index in [0.717, 1.165) is 0 Å². The van der Waals surface area contributed by atoms with E-state index in [1.54, 1.807) is 9.54 Å². The molecule has 0 spiro atoms. The van der Waals surface area contributed by atoms with Crippen LogP contribution in [0.15, 0.2) is 21.7 Å². The molecule has 0 fully saturated rings. The van der Waals surface area contributed by atoms with Crippen LogP contribution in [0.2, 0.25) is 15.9 Å². The van der Waals surface area contributed by atoms with E-state index < -0.39 is 16.1 Å². The summed E-state index contributed by atoms with van der Waals surface area (Å²) in [5.41, 5.74) is 1.63. The van der Waals surface area contributed by atoms with Crippen molar-refractivity contribution in [3.05, 3.63) is 21.7 Å². The van der Waals surface area contributed by atoms with Gasteiger partial charge in [0.25, 0.3) is 0 Å². The summed E-state index contributed by atoms with van der Waals surface area (Å²) in [5.74, 6) is 0. The molecule has 68 valence electrons. The molecule has 0 aromatic heterocycles. The van der Waals surface area contributed by atoms with E-state index >= 15 is 0 Å². The van der Waals surface area contributed by atoms with E-state index in [-0.39, 0.29) is 0 Å². The van der Waals surface area contributed by atoms with Crippen molar-refractivity contribution in [1.82, 2.24) is 0 Å². The van der Waals surface area contributed by atoms with E-state index in [4.69, 9.17) is 0 Å². The molecule has 0 bridgehead atoms. The van der Waals surface area contributed by atoms with E-state index in [2.05, 4.69) is 35.0 Å². The Balaban J connectivity index is 2.88. The first-order valence-electron chi connectivity index (χ1n) is 3.80. The Bertz CT molecular complexity index is 203. The molecule has 0 aromatic rings. The van der Waals surface area contributed by atoms with Gasteiger partial charge in [0.1, 0.15) is 0 Å². The number of allylic oxidation sites excluding steroid dienone is 4. The van der Waals surface area contributed by atoms with Crippen LogP contribution in [0.4, 0.5) is 0 Å². The second-order valence-electron chi connectivity index (χ2n) is 3.28. The first kappa shape index (κ1) is 9.26. The van der Waals surface area contributed by atoms with Gasteiger partial charge in [0.15, 0.2) is 0 Å². The van der Waals surface area contributed by atoms with Gasteiger partial charge < -0.3 is 0 Å².